The SMILES string of the molecule is CCNC(CC1CCCC(F)(F)C1)C(CC)CC. The molecule has 1 saturated carbocycles. The fraction of sp³-hybridized carbons (Fsp3) is 1.00. The highest BCUT2D eigenvalue weighted by atomic mass is 19.3. The van der Waals surface area contributed by atoms with Gasteiger partial charge in [0, 0.05) is 18.9 Å². The van der Waals surface area contributed by atoms with Crippen LogP contribution in [0.4, 0.5) is 8.78 Å². The highest BCUT2D eigenvalue weighted by Gasteiger charge is 2.37. The molecule has 0 radical (unpaired) electrons. The van der Waals surface area contributed by atoms with Crippen LogP contribution >= 0.6 is 0 Å². The quantitative estimate of drug-likeness (QED) is 0.705. The average Bonchev–Trinajstić information content (AvgIpc) is 2.29. The number of rotatable bonds is 7. The lowest BCUT2D eigenvalue weighted by Gasteiger charge is -2.34. The van der Waals surface area contributed by atoms with Crippen molar-refractivity contribution < 1.29 is 8.78 Å². The maximum atomic E-state index is 13.4. The van der Waals surface area contributed by atoms with Crippen molar-refractivity contribution in [2.75, 3.05) is 6.54 Å². The Morgan fingerprint density at radius 2 is 1.89 bits per heavy atom. The van der Waals surface area contributed by atoms with E-state index in [4.69, 9.17) is 0 Å². The first-order valence-electron chi connectivity index (χ1n) is 7.63. The van der Waals surface area contributed by atoms with Crippen LogP contribution in [0.25, 0.3) is 0 Å². The molecule has 1 N–H and O–H groups in total. The molecule has 108 valence electrons. The molecule has 2 atom stereocenters. The van der Waals surface area contributed by atoms with Crippen LogP contribution in [0.1, 0.15) is 65.7 Å². The van der Waals surface area contributed by atoms with Crippen molar-refractivity contribution in [3.05, 3.63) is 0 Å². The topological polar surface area (TPSA) is 12.0 Å². The van der Waals surface area contributed by atoms with Crippen molar-refractivity contribution in [2.24, 2.45) is 11.8 Å². The molecule has 0 spiro atoms. The number of nitrogens with one attached hydrogen (secondary N) is 1. The second kappa shape index (κ2) is 7.42. The van der Waals surface area contributed by atoms with Crippen molar-refractivity contribution in [3.63, 3.8) is 0 Å². The predicted molar refractivity (Wildman–Crippen MR) is 73.1 cm³/mol. The summed E-state index contributed by atoms with van der Waals surface area (Å²) in [6.45, 7) is 7.44. The zero-order chi connectivity index (χ0) is 13.6. The Morgan fingerprint density at radius 3 is 2.39 bits per heavy atom. The summed E-state index contributed by atoms with van der Waals surface area (Å²) in [6, 6.07) is 0.420. The van der Waals surface area contributed by atoms with Gasteiger partial charge in [-0.15, -0.1) is 0 Å². The van der Waals surface area contributed by atoms with Crippen LogP contribution in [0.15, 0.2) is 0 Å². The van der Waals surface area contributed by atoms with Crippen LogP contribution in [0.5, 0.6) is 0 Å². The largest absolute Gasteiger partial charge is 0.314 e. The first kappa shape index (κ1) is 15.9. The van der Waals surface area contributed by atoms with Crippen LogP contribution in [-0.4, -0.2) is 18.5 Å². The van der Waals surface area contributed by atoms with Gasteiger partial charge in [-0.1, -0.05) is 33.6 Å². The molecule has 0 saturated heterocycles. The number of alkyl halides is 2. The second-order valence-electron chi connectivity index (χ2n) is 5.79. The van der Waals surface area contributed by atoms with Crippen LogP contribution in [0.2, 0.25) is 0 Å². The number of hydrogen-bond acceptors (Lipinski definition) is 1. The van der Waals surface area contributed by atoms with Crippen LogP contribution in [-0.2, 0) is 0 Å². The first-order chi connectivity index (χ1) is 8.52. The molecule has 0 bridgehead atoms. The molecule has 0 aromatic rings. The summed E-state index contributed by atoms with van der Waals surface area (Å²) in [5.41, 5.74) is 0. The summed E-state index contributed by atoms with van der Waals surface area (Å²) in [7, 11) is 0. The van der Waals surface area contributed by atoms with Crippen molar-refractivity contribution >= 4 is 0 Å². The summed E-state index contributed by atoms with van der Waals surface area (Å²) in [6.07, 6.45) is 5.08. The lowest BCUT2D eigenvalue weighted by Crippen LogP contribution is -2.39. The minimum absolute atomic E-state index is 0.0976. The second-order valence-corrected chi connectivity index (χ2v) is 5.79. The van der Waals surface area contributed by atoms with E-state index >= 15 is 0 Å². The van der Waals surface area contributed by atoms with Gasteiger partial charge in [0.05, 0.1) is 0 Å². The lowest BCUT2D eigenvalue weighted by molar-refractivity contribution is -0.0556. The maximum absolute atomic E-state index is 13.4. The maximum Gasteiger partial charge on any atom is 0.248 e. The van der Waals surface area contributed by atoms with Gasteiger partial charge in [0.2, 0.25) is 5.92 Å². The van der Waals surface area contributed by atoms with Gasteiger partial charge in [0.1, 0.15) is 0 Å². The molecule has 0 aliphatic heterocycles. The van der Waals surface area contributed by atoms with E-state index in [2.05, 4.69) is 26.1 Å². The third kappa shape index (κ3) is 4.83. The van der Waals surface area contributed by atoms with E-state index in [0.717, 1.165) is 32.2 Å². The Kier molecular flexibility index (Phi) is 6.54. The van der Waals surface area contributed by atoms with Crippen molar-refractivity contribution in [1.82, 2.24) is 5.32 Å². The normalized spacial score (nSPS) is 25.3. The summed E-state index contributed by atoms with van der Waals surface area (Å²) in [5.74, 6) is -1.58. The molecule has 1 fully saturated rings. The third-order valence-electron chi connectivity index (χ3n) is 4.41. The Hall–Kier alpha value is -0.180. The molecular weight excluding hydrogens is 232 g/mol. The summed E-state index contributed by atoms with van der Waals surface area (Å²) in [4.78, 5) is 0. The zero-order valence-corrected chi connectivity index (χ0v) is 12.1. The minimum atomic E-state index is -2.41. The first-order valence-corrected chi connectivity index (χ1v) is 7.63. The van der Waals surface area contributed by atoms with Crippen LogP contribution in [0, 0.1) is 11.8 Å². The smallest absolute Gasteiger partial charge is 0.248 e. The van der Waals surface area contributed by atoms with Crippen molar-refractivity contribution in [1.29, 1.82) is 0 Å². The lowest BCUT2D eigenvalue weighted by atomic mass is 9.79. The molecule has 0 amide bonds. The molecule has 1 aliphatic carbocycles. The van der Waals surface area contributed by atoms with Gasteiger partial charge in [-0.25, -0.2) is 8.78 Å². The standard InChI is InChI=1S/C15H29F2N/c1-4-13(5-2)14(18-6-3)10-12-8-7-9-15(16,17)11-12/h12-14,18H,4-11H2,1-3H3. The highest BCUT2D eigenvalue weighted by Crippen LogP contribution is 2.39. The van der Waals surface area contributed by atoms with E-state index in [-0.39, 0.29) is 18.8 Å². The van der Waals surface area contributed by atoms with E-state index in [1.54, 1.807) is 0 Å². The fourth-order valence-electron chi connectivity index (χ4n) is 3.40. The monoisotopic (exact) mass is 261 g/mol. The summed E-state index contributed by atoms with van der Waals surface area (Å²) in [5, 5.41) is 3.51. The fourth-order valence-corrected chi connectivity index (χ4v) is 3.40. The van der Waals surface area contributed by atoms with E-state index in [1.165, 1.54) is 0 Å². The van der Waals surface area contributed by atoms with Gasteiger partial charge in [-0.2, -0.15) is 0 Å². The van der Waals surface area contributed by atoms with E-state index in [1.807, 2.05) is 0 Å². The molecule has 1 aliphatic rings. The Labute approximate surface area is 111 Å². The predicted octanol–water partition coefficient (Wildman–Crippen LogP) is 4.62. The van der Waals surface area contributed by atoms with Crippen LogP contribution in [0.3, 0.4) is 0 Å². The zero-order valence-electron chi connectivity index (χ0n) is 12.1. The van der Waals surface area contributed by atoms with E-state index < -0.39 is 5.92 Å². The van der Waals surface area contributed by atoms with Gasteiger partial charge in [0.25, 0.3) is 0 Å². The molecule has 2 unspecified atom stereocenters. The molecule has 1 rings (SSSR count). The minimum Gasteiger partial charge on any atom is -0.314 e. The Morgan fingerprint density at radius 1 is 1.22 bits per heavy atom. The molecule has 0 aromatic carbocycles. The highest BCUT2D eigenvalue weighted by molar-refractivity contribution is 4.84. The molecule has 0 aromatic heterocycles. The number of halogens is 2. The number of hydrogen-bond donors (Lipinski definition) is 1. The van der Waals surface area contributed by atoms with Gasteiger partial charge >= 0.3 is 0 Å². The summed E-state index contributed by atoms with van der Waals surface area (Å²) >= 11 is 0. The molecule has 0 heterocycles. The van der Waals surface area contributed by atoms with Gasteiger partial charge in [-0.05, 0) is 37.6 Å². The van der Waals surface area contributed by atoms with E-state index in [9.17, 15) is 8.78 Å². The van der Waals surface area contributed by atoms with Gasteiger partial charge in [0.15, 0.2) is 0 Å². The van der Waals surface area contributed by atoms with E-state index in [0.29, 0.717) is 18.4 Å². The molecule has 18 heavy (non-hydrogen) atoms. The molecule has 3 heteroatoms. The summed E-state index contributed by atoms with van der Waals surface area (Å²) < 4.78 is 26.9. The van der Waals surface area contributed by atoms with Crippen molar-refractivity contribution in [2.45, 2.75) is 77.7 Å². The molecule has 1 nitrogen and oxygen atoms in total. The van der Waals surface area contributed by atoms with Crippen molar-refractivity contribution in [3.8, 4) is 0 Å². The van der Waals surface area contributed by atoms with Gasteiger partial charge < -0.3 is 5.32 Å². The van der Waals surface area contributed by atoms with Gasteiger partial charge in [-0.3, -0.25) is 0 Å². The van der Waals surface area contributed by atoms with Crippen LogP contribution < -0.4 is 5.32 Å². The Balaban J connectivity index is 2.54. The third-order valence-corrected chi connectivity index (χ3v) is 4.41. The molecular formula is C15H29F2N. The Bertz CT molecular complexity index is 227. The average molecular weight is 261 g/mol.